The maximum Gasteiger partial charge on any atom is 0.324 e. The first-order valence-electron chi connectivity index (χ1n) is 17.0. The van der Waals surface area contributed by atoms with Crippen LogP contribution in [0.2, 0.25) is 0 Å². The maximum atomic E-state index is 13.4. The Labute approximate surface area is 294 Å². The van der Waals surface area contributed by atoms with Gasteiger partial charge < -0.3 is 29.0 Å². The number of imidazole rings is 1. The highest BCUT2D eigenvalue weighted by Gasteiger charge is 2.38. The van der Waals surface area contributed by atoms with Crippen LogP contribution in [0, 0.1) is 18.8 Å². The number of hydrogen-bond acceptors (Lipinski definition) is 11. The molecule has 0 spiro atoms. The number of aromatic nitrogens is 4. The molecule has 3 N–H and O–H groups in total. The van der Waals surface area contributed by atoms with Gasteiger partial charge in [-0.3, -0.25) is 9.36 Å². The smallest absolute Gasteiger partial charge is 0.324 e. The normalized spacial score (nSPS) is 18.4. The number of hydrogen-bond donors (Lipinski definition) is 2. The molecule has 2 aromatic heterocycles. The van der Waals surface area contributed by atoms with Crippen LogP contribution in [0.15, 0.2) is 72.8 Å². The number of aryl methyl sites for hydroxylation is 1. The van der Waals surface area contributed by atoms with Crippen LogP contribution in [0.4, 0.5) is 5.95 Å². The molecule has 5 aromatic rings. The first-order chi connectivity index (χ1) is 24.2. The van der Waals surface area contributed by atoms with Crippen molar-refractivity contribution in [3.8, 4) is 11.6 Å². The number of anilines is 1. The summed E-state index contributed by atoms with van der Waals surface area (Å²) < 4.78 is 32.6. The monoisotopic (exact) mass is 702 g/mol. The highest BCUT2D eigenvalue weighted by molar-refractivity contribution is 7.45. The number of carbonyl (C=O) groups excluding carboxylic acids is 1. The Bertz CT molecular complexity index is 1870. The average Bonchev–Trinajstić information content (AvgIpc) is 3.66. The molecule has 1 saturated heterocycles. The number of fused-ring (bicyclic) bond motifs is 2. The SMILES string of the molecule is CC.COc1nc(N)nc2c1nc(C)n2C1OC(COP(NC(C(=O)OCc2ccccc2)C(C)C)Oc2cccc3ccccc23)CC1C. The molecule has 5 atom stereocenters. The fourth-order valence-corrected chi connectivity index (χ4v) is 7.32. The zero-order chi connectivity index (χ0) is 35.8. The molecule has 6 rings (SSSR count). The number of carbonyl (C=O) groups is 1. The largest absolute Gasteiger partial charge is 0.479 e. The molecule has 0 radical (unpaired) electrons. The number of ether oxygens (including phenoxy) is 3. The Hall–Kier alpha value is -4.35. The summed E-state index contributed by atoms with van der Waals surface area (Å²) in [4.78, 5) is 26.7. The van der Waals surface area contributed by atoms with E-state index in [9.17, 15) is 4.79 Å². The first kappa shape index (κ1) is 36.9. The van der Waals surface area contributed by atoms with Crippen molar-refractivity contribution in [2.75, 3.05) is 19.5 Å². The van der Waals surface area contributed by atoms with E-state index in [0.717, 1.165) is 16.3 Å². The Morgan fingerprint density at radius 3 is 2.50 bits per heavy atom. The van der Waals surface area contributed by atoms with Crippen molar-refractivity contribution in [2.45, 2.75) is 72.9 Å². The van der Waals surface area contributed by atoms with Gasteiger partial charge >= 0.3 is 14.5 Å². The van der Waals surface area contributed by atoms with E-state index in [2.05, 4.69) is 27.0 Å². The van der Waals surface area contributed by atoms with Gasteiger partial charge in [0.05, 0.1) is 19.8 Å². The van der Waals surface area contributed by atoms with Gasteiger partial charge in [0.2, 0.25) is 11.8 Å². The van der Waals surface area contributed by atoms with E-state index in [4.69, 9.17) is 29.0 Å². The van der Waals surface area contributed by atoms with Crippen LogP contribution in [0.1, 0.15) is 58.7 Å². The van der Waals surface area contributed by atoms with Gasteiger partial charge in [0, 0.05) is 11.3 Å². The van der Waals surface area contributed by atoms with Gasteiger partial charge in [0.25, 0.3) is 0 Å². The molecular formula is C37H47N6O6P. The maximum absolute atomic E-state index is 13.4. The van der Waals surface area contributed by atoms with Gasteiger partial charge in [0.1, 0.15) is 30.5 Å². The molecule has 1 fully saturated rings. The van der Waals surface area contributed by atoms with Crippen LogP contribution in [0.25, 0.3) is 21.9 Å². The van der Waals surface area contributed by atoms with E-state index >= 15 is 0 Å². The summed E-state index contributed by atoms with van der Waals surface area (Å²) in [5, 5.41) is 5.33. The summed E-state index contributed by atoms with van der Waals surface area (Å²) in [6.45, 7) is 12.3. The van der Waals surface area contributed by atoms with E-state index in [1.54, 1.807) is 0 Å². The van der Waals surface area contributed by atoms with Crippen LogP contribution in [0.5, 0.6) is 11.6 Å². The Morgan fingerprint density at radius 1 is 1.04 bits per heavy atom. The lowest BCUT2D eigenvalue weighted by molar-refractivity contribution is -0.148. The van der Waals surface area contributed by atoms with Gasteiger partial charge in [0.15, 0.2) is 11.2 Å². The lowest BCUT2D eigenvalue weighted by atomic mass is 10.1. The Balaban J connectivity index is 0.00000239. The van der Waals surface area contributed by atoms with Crippen LogP contribution in [-0.4, -0.2) is 51.4 Å². The van der Waals surface area contributed by atoms with E-state index in [0.29, 0.717) is 35.0 Å². The number of benzene rings is 3. The molecule has 12 nitrogen and oxygen atoms in total. The Morgan fingerprint density at radius 2 is 1.76 bits per heavy atom. The van der Waals surface area contributed by atoms with Crippen LogP contribution in [0.3, 0.4) is 0 Å². The highest BCUT2D eigenvalue weighted by Crippen LogP contribution is 2.43. The van der Waals surface area contributed by atoms with Crippen molar-refractivity contribution < 1.29 is 28.1 Å². The van der Waals surface area contributed by atoms with Gasteiger partial charge in [-0.25, -0.2) is 10.1 Å². The predicted octanol–water partition coefficient (Wildman–Crippen LogP) is 7.51. The molecule has 50 heavy (non-hydrogen) atoms. The fourth-order valence-electron chi connectivity index (χ4n) is 5.87. The number of nitrogen functional groups attached to an aromatic ring is 1. The number of methoxy groups -OCH3 is 1. The first-order valence-corrected chi connectivity index (χ1v) is 18.2. The molecule has 0 saturated carbocycles. The summed E-state index contributed by atoms with van der Waals surface area (Å²) in [5.41, 5.74) is 7.98. The average molecular weight is 703 g/mol. The van der Waals surface area contributed by atoms with Crippen molar-refractivity contribution >= 4 is 42.4 Å². The molecule has 1 aliphatic heterocycles. The van der Waals surface area contributed by atoms with E-state index in [-0.39, 0.29) is 49.3 Å². The van der Waals surface area contributed by atoms with Crippen molar-refractivity contribution in [1.82, 2.24) is 24.6 Å². The van der Waals surface area contributed by atoms with Gasteiger partial charge in [-0.05, 0) is 36.3 Å². The number of nitrogens with one attached hydrogen (secondary N) is 1. The predicted molar refractivity (Wildman–Crippen MR) is 196 cm³/mol. The minimum Gasteiger partial charge on any atom is -0.479 e. The zero-order valence-electron chi connectivity index (χ0n) is 29.7. The topological polar surface area (TPSA) is 145 Å². The molecular weight excluding hydrogens is 655 g/mol. The Kier molecular flexibility index (Phi) is 12.6. The van der Waals surface area contributed by atoms with E-state index < -0.39 is 14.6 Å². The highest BCUT2D eigenvalue weighted by atomic mass is 31.2. The van der Waals surface area contributed by atoms with Gasteiger partial charge in [-0.15, -0.1) is 0 Å². The van der Waals surface area contributed by atoms with E-state index in [1.165, 1.54) is 7.11 Å². The summed E-state index contributed by atoms with van der Waals surface area (Å²) in [6, 6.07) is 22.8. The second-order valence-electron chi connectivity index (χ2n) is 12.2. The van der Waals surface area contributed by atoms with E-state index in [1.807, 2.05) is 112 Å². The van der Waals surface area contributed by atoms with Crippen molar-refractivity contribution in [3.63, 3.8) is 0 Å². The lowest BCUT2D eigenvalue weighted by Gasteiger charge is -2.27. The third-order valence-corrected chi connectivity index (χ3v) is 9.54. The minimum absolute atomic E-state index is 0.0929. The number of nitrogens with zero attached hydrogens (tertiary/aromatic N) is 4. The molecule has 5 unspecified atom stereocenters. The molecule has 0 bridgehead atoms. The second-order valence-corrected chi connectivity index (χ2v) is 13.4. The standard InChI is InChI=1S/C35H41N6O6P.C2H6/c1-21(2)29(34(42)44-19-24-12-7-6-8-13-24)40-48(47-28-17-11-15-25-14-9-10-16-27(25)28)45-20-26-18-22(3)33(46-26)41-23(4)37-30-31(41)38-35(36)39-32(30)43-5;1-2/h6-17,21-22,26,29,33,40H,18-20H2,1-5H3,(H2,36,38,39);1-2H3. The molecule has 13 heteroatoms. The van der Waals surface area contributed by atoms with Gasteiger partial charge in [-0.1, -0.05) is 101 Å². The summed E-state index contributed by atoms with van der Waals surface area (Å²) in [5.74, 6) is 1.39. The summed E-state index contributed by atoms with van der Waals surface area (Å²) >= 11 is 0. The number of esters is 1. The van der Waals surface area contributed by atoms with Gasteiger partial charge in [-0.2, -0.15) is 9.97 Å². The fraction of sp³-hybridized carbons (Fsp3) is 0.405. The third kappa shape index (κ3) is 8.50. The molecule has 3 aromatic carbocycles. The number of rotatable bonds is 13. The summed E-state index contributed by atoms with van der Waals surface area (Å²) in [7, 11) is -0.293. The number of nitrogens with two attached hydrogens (primary N) is 1. The third-order valence-electron chi connectivity index (χ3n) is 8.30. The van der Waals surface area contributed by atoms with Crippen LogP contribution in [-0.2, 0) is 25.4 Å². The van der Waals surface area contributed by atoms with Crippen molar-refractivity contribution in [2.24, 2.45) is 11.8 Å². The lowest BCUT2D eigenvalue weighted by Crippen LogP contribution is -2.40. The molecule has 1 aliphatic rings. The molecule has 0 amide bonds. The molecule has 3 heterocycles. The van der Waals surface area contributed by atoms with Crippen molar-refractivity contribution in [1.29, 1.82) is 0 Å². The molecule has 266 valence electrons. The quantitative estimate of drug-likeness (QED) is 0.0929. The molecule has 0 aliphatic carbocycles. The summed E-state index contributed by atoms with van der Waals surface area (Å²) in [6.07, 6.45) is 0.0802. The minimum atomic E-state index is -1.82. The zero-order valence-corrected chi connectivity index (χ0v) is 30.6. The van der Waals surface area contributed by atoms with Crippen LogP contribution < -0.4 is 20.1 Å². The van der Waals surface area contributed by atoms with Crippen molar-refractivity contribution in [3.05, 3.63) is 84.2 Å². The van der Waals surface area contributed by atoms with Crippen LogP contribution >= 0.6 is 8.53 Å². The second kappa shape index (κ2) is 17.0.